The van der Waals surface area contributed by atoms with E-state index in [0.29, 0.717) is 17.9 Å². The van der Waals surface area contributed by atoms with E-state index in [0.717, 1.165) is 6.42 Å². The third kappa shape index (κ3) is 2.45. The Bertz CT molecular complexity index is 655. The van der Waals surface area contributed by atoms with Crippen LogP contribution in [0.4, 0.5) is 4.39 Å². The van der Waals surface area contributed by atoms with Gasteiger partial charge in [0.25, 0.3) is 0 Å². The average molecular weight is 318 g/mol. The molecule has 2 aromatic carbocycles. The molecule has 1 saturated heterocycles. The highest BCUT2D eigenvalue weighted by atomic mass is 35.5. The normalized spacial score (nSPS) is 26.9. The van der Waals surface area contributed by atoms with E-state index in [9.17, 15) is 4.39 Å². The van der Waals surface area contributed by atoms with E-state index >= 15 is 0 Å². The molecule has 1 aliphatic carbocycles. The fourth-order valence-electron chi connectivity index (χ4n) is 4.26. The quantitative estimate of drug-likeness (QED) is 0.744. The van der Waals surface area contributed by atoms with Gasteiger partial charge in [-0.2, -0.15) is 0 Å². The third-order valence-electron chi connectivity index (χ3n) is 5.34. The van der Waals surface area contributed by atoms with E-state index in [1.807, 2.05) is 12.1 Å². The van der Waals surface area contributed by atoms with Crippen molar-refractivity contribution in [2.45, 2.75) is 30.7 Å². The van der Waals surface area contributed by atoms with Gasteiger partial charge in [-0.25, -0.2) is 4.39 Å². The summed E-state index contributed by atoms with van der Waals surface area (Å²) in [4.78, 5) is 2.50. The number of benzene rings is 2. The second kappa shape index (κ2) is 6.02. The Hall–Kier alpha value is -1.38. The van der Waals surface area contributed by atoms with E-state index in [4.69, 9.17) is 0 Å². The minimum atomic E-state index is -0.154. The summed E-state index contributed by atoms with van der Waals surface area (Å²) >= 11 is 0. The number of likely N-dealkylation sites (tertiary alicyclic amines) is 1. The summed E-state index contributed by atoms with van der Waals surface area (Å²) < 4.78 is 13.2. The summed E-state index contributed by atoms with van der Waals surface area (Å²) in [6.45, 7) is 1.18. The Morgan fingerprint density at radius 3 is 2.41 bits per heavy atom. The van der Waals surface area contributed by atoms with E-state index in [2.05, 4.69) is 36.2 Å². The molecule has 116 valence electrons. The molecule has 0 saturated carbocycles. The summed E-state index contributed by atoms with van der Waals surface area (Å²) in [6, 6.07) is 16.5. The molecule has 1 fully saturated rings. The van der Waals surface area contributed by atoms with Gasteiger partial charge in [0, 0.05) is 17.9 Å². The van der Waals surface area contributed by atoms with Crippen LogP contribution in [0.25, 0.3) is 0 Å². The Morgan fingerprint density at radius 2 is 1.68 bits per heavy atom. The van der Waals surface area contributed by atoms with Crippen LogP contribution in [-0.4, -0.2) is 24.5 Å². The van der Waals surface area contributed by atoms with Gasteiger partial charge in [-0.05, 0) is 55.3 Å². The molecule has 0 amide bonds. The molecule has 2 aromatic rings. The van der Waals surface area contributed by atoms with Crippen molar-refractivity contribution in [2.24, 2.45) is 0 Å². The first-order valence-electron chi connectivity index (χ1n) is 7.78. The lowest BCUT2D eigenvalue weighted by molar-refractivity contribution is 0.265. The molecule has 3 heteroatoms. The molecule has 0 aromatic heterocycles. The molecule has 22 heavy (non-hydrogen) atoms. The molecule has 1 aliphatic heterocycles. The van der Waals surface area contributed by atoms with E-state index in [1.165, 1.54) is 29.7 Å². The maximum absolute atomic E-state index is 13.2. The fourth-order valence-corrected chi connectivity index (χ4v) is 4.26. The van der Waals surface area contributed by atoms with Gasteiger partial charge in [-0.3, -0.25) is 0 Å². The van der Waals surface area contributed by atoms with Crippen molar-refractivity contribution < 1.29 is 4.39 Å². The van der Waals surface area contributed by atoms with Crippen LogP contribution in [0.15, 0.2) is 48.5 Å². The molecule has 2 aliphatic rings. The fraction of sp³-hybridized carbons (Fsp3) is 0.368. The first kappa shape index (κ1) is 15.5. The molecule has 0 spiro atoms. The van der Waals surface area contributed by atoms with Crippen LogP contribution in [0, 0.1) is 5.82 Å². The summed E-state index contributed by atoms with van der Waals surface area (Å²) in [5.41, 5.74) is 4.19. The zero-order valence-electron chi connectivity index (χ0n) is 12.7. The Kier molecular flexibility index (Phi) is 4.24. The van der Waals surface area contributed by atoms with Gasteiger partial charge in [-0.15, -0.1) is 12.4 Å². The Balaban J connectivity index is 0.00000144. The molecule has 4 rings (SSSR count). The monoisotopic (exact) mass is 317 g/mol. The largest absolute Gasteiger partial charge is 0.303 e. The third-order valence-corrected chi connectivity index (χ3v) is 5.34. The van der Waals surface area contributed by atoms with Gasteiger partial charge >= 0.3 is 0 Å². The lowest BCUT2D eigenvalue weighted by atomic mass is 9.71. The van der Waals surface area contributed by atoms with Crippen LogP contribution in [0.5, 0.6) is 0 Å². The lowest BCUT2D eigenvalue weighted by Crippen LogP contribution is -2.34. The highest BCUT2D eigenvalue weighted by Crippen LogP contribution is 2.47. The van der Waals surface area contributed by atoms with Crippen LogP contribution in [0.1, 0.15) is 41.4 Å². The highest BCUT2D eigenvalue weighted by Gasteiger charge is 2.40. The van der Waals surface area contributed by atoms with E-state index < -0.39 is 0 Å². The van der Waals surface area contributed by atoms with Gasteiger partial charge in [0.2, 0.25) is 0 Å². The van der Waals surface area contributed by atoms with E-state index in [-0.39, 0.29) is 18.2 Å². The van der Waals surface area contributed by atoms with Crippen molar-refractivity contribution in [1.82, 2.24) is 4.90 Å². The van der Waals surface area contributed by atoms with Gasteiger partial charge in [-0.1, -0.05) is 36.4 Å². The number of likely N-dealkylation sites (N-methyl/N-ethyl adjacent to an activating group) is 1. The van der Waals surface area contributed by atoms with Crippen molar-refractivity contribution in [3.63, 3.8) is 0 Å². The Morgan fingerprint density at radius 1 is 1.00 bits per heavy atom. The SMILES string of the molecule is CN1CC[C@@H]2c3ccccc3[C@H](c3ccc(F)cc3)C[C@@H]21.Cl. The molecular weight excluding hydrogens is 297 g/mol. The van der Waals surface area contributed by atoms with Crippen molar-refractivity contribution in [3.05, 3.63) is 71.0 Å². The lowest BCUT2D eigenvalue weighted by Gasteiger charge is -2.37. The second-order valence-corrected chi connectivity index (χ2v) is 6.41. The van der Waals surface area contributed by atoms with Crippen LogP contribution >= 0.6 is 12.4 Å². The van der Waals surface area contributed by atoms with Crippen LogP contribution < -0.4 is 0 Å². The molecule has 0 bridgehead atoms. The van der Waals surface area contributed by atoms with Crippen LogP contribution in [-0.2, 0) is 0 Å². The molecular formula is C19H21ClFN. The number of rotatable bonds is 1. The van der Waals surface area contributed by atoms with Crippen LogP contribution in [0.2, 0.25) is 0 Å². The van der Waals surface area contributed by atoms with Gasteiger partial charge < -0.3 is 4.90 Å². The number of hydrogen-bond acceptors (Lipinski definition) is 1. The Labute approximate surface area is 137 Å². The molecule has 0 radical (unpaired) electrons. The number of hydrogen-bond donors (Lipinski definition) is 0. The molecule has 1 heterocycles. The second-order valence-electron chi connectivity index (χ2n) is 6.41. The van der Waals surface area contributed by atoms with Crippen molar-refractivity contribution >= 4 is 12.4 Å². The topological polar surface area (TPSA) is 3.24 Å². The minimum absolute atomic E-state index is 0. The number of nitrogens with zero attached hydrogens (tertiary/aromatic N) is 1. The summed E-state index contributed by atoms with van der Waals surface area (Å²) in [7, 11) is 2.24. The van der Waals surface area contributed by atoms with Crippen LogP contribution in [0.3, 0.4) is 0 Å². The smallest absolute Gasteiger partial charge is 0.123 e. The highest BCUT2D eigenvalue weighted by molar-refractivity contribution is 5.85. The van der Waals surface area contributed by atoms with Gasteiger partial charge in [0.15, 0.2) is 0 Å². The predicted octanol–water partition coefficient (Wildman–Crippen LogP) is 4.57. The maximum atomic E-state index is 13.2. The summed E-state index contributed by atoms with van der Waals surface area (Å²) in [6.07, 6.45) is 2.40. The summed E-state index contributed by atoms with van der Waals surface area (Å²) in [5, 5.41) is 0. The molecule has 3 atom stereocenters. The summed E-state index contributed by atoms with van der Waals surface area (Å²) in [5.74, 6) is 0.908. The van der Waals surface area contributed by atoms with Gasteiger partial charge in [0.05, 0.1) is 0 Å². The molecule has 1 nitrogen and oxygen atoms in total. The standard InChI is InChI=1S/C19H20FN.ClH/c1-21-11-10-17-15-4-2-3-5-16(15)18(12-19(17)21)13-6-8-14(20)9-7-13;/h2-9,17-19H,10-12H2,1H3;1H/t17-,18+,19+;/m1./s1. The molecule has 0 unspecified atom stereocenters. The number of fused-ring (bicyclic) bond motifs is 3. The zero-order valence-corrected chi connectivity index (χ0v) is 13.5. The number of halogens is 2. The maximum Gasteiger partial charge on any atom is 0.123 e. The van der Waals surface area contributed by atoms with Crippen molar-refractivity contribution in [3.8, 4) is 0 Å². The first-order valence-corrected chi connectivity index (χ1v) is 7.78. The minimum Gasteiger partial charge on any atom is -0.303 e. The molecule has 0 N–H and O–H groups in total. The van der Waals surface area contributed by atoms with Crippen molar-refractivity contribution in [1.29, 1.82) is 0 Å². The van der Waals surface area contributed by atoms with E-state index in [1.54, 1.807) is 12.1 Å². The van der Waals surface area contributed by atoms with Crippen molar-refractivity contribution in [2.75, 3.05) is 13.6 Å². The predicted molar refractivity (Wildman–Crippen MR) is 90.3 cm³/mol. The zero-order chi connectivity index (χ0) is 14.4. The van der Waals surface area contributed by atoms with Gasteiger partial charge in [0.1, 0.15) is 5.82 Å². The average Bonchev–Trinajstić information content (AvgIpc) is 2.89. The first-order chi connectivity index (χ1) is 10.2.